The van der Waals surface area contributed by atoms with E-state index in [-0.39, 0.29) is 12.1 Å². The number of piperazine rings is 1. The fourth-order valence-electron chi connectivity index (χ4n) is 4.45. The largest absolute Gasteiger partial charge is 0.390 e. The Bertz CT molecular complexity index is 544. The molecule has 1 aromatic rings. The van der Waals surface area contributed by atoms with Crippen molar-refractivity contribution in [2.24, 2.45) is 0 Å². The van der Waals surface area contributed by atoms with Crippen LogP contribution in [0.3, 0.4) is 0 Å². The average molecular weight is 361 g/mol. The quantitative estimate of drug-likeness (QED) is 0.808. The summed E-state index contributed by atoms with van der Waals surface area (Å²) in [4.78, 5) is 9.89. The molecule has 0 spiro atoms. The van der Waals surface area contributed by atoms with Gasteiger partial charge in [-0.15, -0.1) is 0 Å². The summed E-state index contributed by atoms with van der Waals surface area (Å²) < 4.78 is 5.44. The fourth-order valence-corrected chi connectivity index (χ4v) is 4.45. The maximum absolute atomic E-state index is 10.5. The van der Waals surface area contributed by atoms with Crippen LogP contribution in [0.25, 0.3) is 0 Å². The fraction of sp³-hybridized carbons (Fsp3) is 0.700. The number of anilines is 1. The maximum Gasteiger partial charge on any atom is 0.0834 e. The van der Waals surface area contributed by atoms with Gasteiger partial charge >= 0.3 is 0 Å². The second-order valence-electron chi connectivity index (χ2n) is 7.71. The summed E-state index contributed by atoms with van der Waals surface area (Å²) >= 11 is 0. The van der Waals surface area contributed by atoms with Crippen molar-refractivity contribution < 1.29 is 9.84 Å². The van der Waals surface area contributed by atoms with Gasteiger partial charge in [0.15, 0.2) is 0 Å². The van der Waals surface area contributed by atoms with Crippen molar-refractivity contribution in [3.05, 3.63) is 30.3 Å². The summed E-state index contributed by atoms with van der Waals surface area (Å²) in [6, 6.07) is 11.0. The molecule has 4 rings (SSSR count). The lowest BCUT2D eigenvalue weighted by Crippen LogP contribution is -2.49. The summed E-state index contributed by atoms with van der Waals surface area (Å²) in [6.45, 7) is 11.9. The van der Waals surface area contributed by atoms with Crippen molar-refractivity contribution >= 4 is 5.69 Å². The van der Waals surface area contributed by atoms with Gasteiger partial charge in [0, 0.05) is 77.2 Å². The van der Waals surface area contributed by atoms with Crippen LogP contribution in [0.1, 0.15) is 0 Å². The molecule has 2 atom stereocenters. The minimum atomic E-state index is -0.219. The normalized spacial score (nSPS) is 29.3. The Kier molecular flexibility index (Phi) is 6.07. The predicted octanol–water partition coefficient (Wildman–Crippen LogP) is 0.186. The number of likely N-dealkylation sites (tertiary alicyclic amines) is 1. The highest BCUT2D eigenvalue weighted by atomic mass is 16.5. The van der Waals surface area contributed by atoms with Crippen LogP contribution >= 0.6 is 0 Å². The number of ether oxygens (including phenoxy) is 1. The Hall–Kier alpha value is -1.18. The number of benzene rings is 1. The topological polar surface area (TPSA) is 42.4 Å². The van der Waals surface area contributed by atoms with Crippen molar-refractivity contribution in [1.29, 1.82) is 0 Å². The lowest BCUT2D eigenvalue weighted by Gasteiger charge is -2.36. The number of aliphatic hydroxyl groups excluding tert-OH is 1. The molecule has 0 aromatic heterocycles. The number of para-hydroxylation sites is 1. The molecule has 6 heteroatoms. The first kappa shape index (κ1) is 18.2. The van der Waals surface area contributed by atoms with Gasteiger partial charge in [0.2, 0.25) is 0 Å². The van der Waals surface area contributed by atoms with Crippen LogP contribution in [-0.2, 0) is 4.74 Å². The number of hydrogen-bond acceptors (Lipinski definition) is 6. The van der Waals surface area contributed by atoms with Crippen molar-refractivity contribution in [2.45, 2.75) is 12.1 Å². The van der Waals surface area contributed by atoms with E-state index in [9.17, 15) is 5.11 Å². The minimum absolute atomic E-state index is 0.219. The molecule has 0 bridgehead atoms. The number of rotatable bonds is 5. The van der Waals surface area contributed by atoms with Crippen molar-refractivity contribution in [1.82, 2.24) is 14.7 Å². The van der Waals surface area contributed by atoms with Crippen molar-refractivity contribution in [3.63, 3.8) is 0 Å². The van der Waals surface area contributed by atoms with Gasteiger partial charge in [0.05, 0.1) is 19.3 Å². The molecule has 0 unspecified atom stereocenters. The molecule has 144 valence electrons. The van der Waals surface area contributed by atoms with Crippen LogP contribution in [0.2, 0.25) is 0 Å². The first-order chi connectivity index (χ1) is 12.8. The van der Waals surface area contributed by atoms with Crippen LogP contribution in [0.5, 0.6) is 0 Å². The molecule has 0 amide bonds. The van der Waals surface area contributed by atoms with Gasteiger partial charge in [0.1, 0.15) is 0 Å². The number of nitrogens with zero attached hydrogens (tertiary/aromatic N) is 4. The van der Waals surface area contributed by atoms with Gasteiger partial charge in [0.25, 0.3) is 0 Å². The van der Waals surface area contributed by atoms with E-state index in [1.807, 2.05) is 0 Å². The first-order valence-electron chi connectivity index (χ1n) is 10.0. The molecule has 0 aliphatic carbocycles. The summed E-state index contributed by atoms with van der Waals surface area (Å²) in [6.07, 6.45) is -0.219. The van der Waals surface area contributed by atoms with E-state index in [2.05, 4.69) is 49.9 Å². The summed E-state index contributed by atoms with van der Waals surface area (Å²) in [5.74, 6) is 0. The molecule has 0 saturated carbocycles. The van der Waals surface area contributed by atoms with E-state index in [0.29, 0.717) is 0 Å². The SMILES string of the molecule is O[C@@H]1CN(CCN2CCN(c3ccccc3)CC2)C[C@H]1N1CCOCC1. The second-order valence-corrected chi connectivity index (χ2v) is 7.71. The van der Waals surface area contributed by atoms with Crippen LogP contribution in [0, 0.1) is 0 Å². The van der Waals surface area contributed by atoms with Gasteiger partial charge < -0.3 is 14.7 Å². The molecule has 6 nitrogen and oxygen atoms in total. The molecule has 3 aliphatic heterocycles. The van der Waals surface area contributed by atoms with E-state index < -0.39 is 0 Å². The molecule has 1 aromatic carbocycles. The van der Waals surface area contributed by atoms with E-state index in [1.54, 1.807) is 0 Å². The van der Waals surface area contributed by atoms with Crippen LogP contribution in [0.4, 0.5) is 5.69 Å². The smallest absolute Gasteiger partial charge is 0.0834 e. The monoisotopic (exact) mass is 360 g/mol. The lowest BCUT2D eigenvalue weighted by atomic mass is 10.2. The molecule has 3 saturated heterocycles. The highest BCUT2D eigenvalue weighted by molar-refractivity contribution is 5.46. The van der Waals surface area contributed by atoms with Crippen LogP contribution in [-0.4, -0.2) is 111 Å². The van der Waals surface area contributed by atoms with Crippen LogP contribution < -0.4 is 4.90 Å². The molecule has 1 N–H and O–H groups in total. The third-order valence-electron chi connectivity index (χ3n) is 6.08. The van der Waals surface area contributed by atoms with Crippen LogP contribution in [0.15, 0.2) is 30.3 Å². The van der Waals surface area contributed by atoms with Gasteiger partial charge in [-0.25, -0.2) is 0 Å². The summed E-state index contributed by atoms with van der Waals surface area (Å²) in [5.41, 5.74) is 1.34. The molecular weight excluding hydrogens is 328 g/mol. The van der Waals surface area contributed by atoms with Gasteiger partial charge in [-0.05, 0) is 12.1 Å². The number of hydrogen-bond donors (Lipinski definition) is 1. The molecule has 3 fully saturated rings. The summed E-state index contributed by atoms with van der Waals surface area (Å²) in [7, 11) is 0. The zero-order chi connectivity index (χ0) is 17.8. The Morgan fingerprint density at radius 2 is 1.54 bits per heavy atom. The van der Waals surface area contributed by atoms with E-state index in [4.69, 9.17) is 4.74 Å². The minimum Gasteiger partial charge on any atom is -0.390 e. The van der Waals surface area contributed by atoms with E-state index in [0.717, 1.165) is 78.7 Å². The Labute approximate surface area is 156 Å². The average Bonchev–Trinajstić information content (AvgIpc) is 3.09. The molecule has 3 aliphatic rings. The molecule has 3 heterocycles. The highest BCUT2D eigenvalue weighted by Crippen LogP contribution is 2.18. The molecular formula is C20H32N4O2. The Balaban J connectivity index is 1.19. The Morgan fingerprint density at radius 3 is 2.27 bits per heavy atom. The van der Waals surface area contributed by atoms with Gasteiger partial charge in [-0.1, -0.05) is 18.2 Å². The molecule has 0 radical (unpaired) electrons. The van der Waals surface area contributed by atoms with E-state index >= 15 is 0 Å². The lowest BCUT2D eigenvalue weighted by molar-refractivity contribution is -0.00617. The second kappa shape index (κ2) is 8.67. The zero-order valence-corrected chi connectivity index (χ0v) is 15.7. The first-order valence-corrected chi connectivity index (χ1v) is 10.0. The summed E-state index contributed by atoms with van der Waals surface area (Å²) in [5, 5.41) is 10.5. The highest BCUT2D eigenvalue weighted by Gasteiger charge is 2.36. The third-order valence-corrected chi connectivity index (χ3v) is 6.08. The van der Waals surface area contributed by atoms with E-state index in [1.165, 1.54) is 5.69 Å². The zero-order valence-electron chi connectivity index (χ0n) is 15.7. The predicted molar refractivity (Wildman–Crippen MR) is 104 cm³/mol. The maximum atomic E-state index is 10.5. The Morgan fingerprint density at radius 1 is 0.846 bits per heavy atom. The van der Waals surface area contributed by atoms with Gasteiger partial charge in [-0.2, -0.15) is 0 Å². The third kappa shape index (κ3) is 4.38. The molecule has 26 heavy (non-hydrogen) atoms. The number of morpholine rings is 1. The number of aliphatic hydroxyl groups is 1. The van der Waals surface area contributed by atoms with Gasteiger partial charge in [-0.3, -0.25) is 14.7 Å². The number of β-amino-alcohol motifs (C(OH)–C–C–N with tert-alkyl or cyclic N) is 1. The van der Waals surface area contributed by atoms with Crippen molar-refractivity contribution in [2.75, 3.05) is 83.6 Å². The van der Waals surface area contributed by atoms with Crippen molar-refractivity contribution in [3.8, 4) is 0 Å². The standard InChI is InChI=1S/C20H32N4O2/c25-20-17-22(16-19(20)24-12-14-26-15-13-24)7-6-21-8-10-23(11-9-21)18-4-2-1-3-5-18/h1-5,19-20,25H,6-17H2/t19-,20-/m1/s1.